The summed E-state index contributed by atoms with van der Waals surface area (Å²) in [6.07, 6.45) is 2.51. The number of fused-ring (bicyclic) bond motifs is 1. The SMILES string of the molecule is CNc1cc(C2CCN(C(=O)O)CC2)nc2ccnn12. The second-order valence-corrected chi connectivity index (χ2v) is 4.96. The Balaban J connectivity index is 1.86. The highest BCUT2D eigenvalue weighted by atomic mass is 16.4. The second kappa shape index (κ2) is 4.99. The number of rotatable bonds is 2. The van der Waals surface area contributed by atoms with Crippen molar-refractivity contribution in [3.8, 4) is 0 Å². The van der Waals surface area contributed by atoms with Crippen molar-refractivity contribution in [2.75, 3.05) is 25.5 Å². The number of hydrogen-bond donors (Lipinski definition) is 2. The van der Waals surface area contributed by atoms with E-state index in [2.05, 4.69) is 15.4 Å². The topological polar surface area (TPSA) is 82.8 Å². The molecule has 7 heteroatoms. The van der Waals surface area contributed by atoms with Gasteiger partial charge in [-0.15, -0.1) is 0 Å². The quantitative estimate of drug-likeness (QED) is 0.870. The van der Waals surface area contributed by atoms with Crippen LogP contribution in [0.2, 0.25) is 0 Å². The van der Waals surface area contributed by atoms with Crippen LogP contribution in [0.4, 0.5) is 10.6 Å². The Kier molecular flexibility index (Phi) is 3.17. The standard InChI is InChI=1S/C13H17N5O2/c1-14-12-8-10(16-11-2-5-15-18(11)12)9-3-6-17(7-4-9)13(19)20/h2,5,8-9,14H,3-4,6-7H2,1H3,(H,19,20). The molecule has 0 unspecified atom stereocenters. The summed E-state index contributed by atoms with van der Waals surface area (Å²) in [7, 11) is 1.85. The van der Waals surface area contributed by atoms with E-state index in [1.807, 2.05) is 19.2 Å². The van der Waals surface area contributed by atoms with Crippen molar-refractivity contribution in [3.63, 3.8) is 0 Å². The highest BCUT2D eigenvalue weighted by Crippen LogP contribution is 2.28. The fourth-order valence-electron chi connectivity index (χ4n) is 2.69. The summed E-state index contributed by atoms with van der Waals surface area (Å²) in [5, 5.41) is 16.3. The average Bonchev–Trinajstić information content (AvgIpc) is 2.94. The van der Waals surface area contributed by atoms with Gasteiger partial charge in [0.2, 0.25) is 0 Å². The van der Waals surface area contributed by atoms with E-state index < -0.39 is 6.09 Å². The lowest BCUT2D eigenvalue weighted by Crippen LogP contribution is -2.37. The molecule has 2 aromatic rings. The van der Waals surface area contributed by atoms with Crippen molar-refractivity contribution >= 4 is 17.6 Å². The van der Waals surface area contributed by atoms with E-state index in [0.29, 0.717) is 19.0 Å². The first-order chi connectivity index (χ1) is 9.69. The Morgan fingerprint density at radius 3 is 2.85 bits per heavy atom. The Bertz CT molecular complexity index is 631. The van der Waals surface area contributed by atoms with Crippen molar-refractivity contribution in [3.05, 3.63) is 24.0 Å². The molecule has 0 aliphatic carbocycles. The summed E-state index contributed by atoms with van der Waals surface area (Å²) < 4.78 is 1.76. The maximum absolute atomic E-state index is 10.9. The maximum Gasteiger partial charge on any atom is 0.407 e. The van der Waals surface area contributed by atoms with Crippen LogP contribution in [0.15, 0.2) is 18.3 Å². The smallest absolute Gasteiger partial charge is 0.407 e. The fourth-order valence-corrected chi connectivity index (χ4v) is 2.69. The molecule has 1 aliphatic rings. The molecule has 0 saturated carbocycles. The minimum absolute atomic E-state index is 0.303. The lowest BCUT2D eigenvalue weighted by atomic mass is 9.93. The zero-order chi connectivity index (χ0) is 14.1. The molecule has 1 fully saturated rings. The van der Waals surface area contributed by atoms with Crippen molar-refractivity contribution < 1.29 is 9.90 Å². The number of amides is 1. The van der Waals surface area contributed by atoms with E-state index in [9.17, 15) is 4.79 Å². The normalized spacial score (nSPS) is 16.6. The second-order valence-electron chi connectivity index (χ2n) is 4.96. The number of likely N-dealkylation sites (tertiary alicyclic amines) is 1. The van der Waals surface area contributed by atoms with Crippen LogP contribution < -0.4 is 5.32 Å². The zero-order valence-electron chi connectivity index (χ0n) is 11.3. The van der Waals surface area contributed by atoms with Crippen molar-refractivity contribution in [1.82, 2.24) is 19.5 Å². The first-order valence-corrected chi connectivity index (χ1v) is 6.69. The number of nitrogens with zero attached hydrogens (tertiary/aromatic N) is 4. The highest BCUT2D eigenvalue weighted by molar-refractivity contribution is 5.65. The molecule has 0 bridgehead atoms. The molecule has 1 saturated heterocycles. The molecule has 2 N–H and O–H groups in total. The lowest BCUT2D eigenvalue weighted by Gasteiger charge is -2.29. The molecule has 0 aromatic carbocycles. The number of carbonyl (C=O) groups is 1. The van der Waals surface area contributed by atoms with Crippen LogP contribution in [-0.2, 0) is 0 Å². The summed E-state index contributed by atoms with van der Waals surface area (Å²) in [6, 6.07) is 3.87. The average molecular weight is 275 g/mol. The van der Waals surface area contributed by atoms with Crippen LogP contribution in [-0.4, -0.2) is 50.8 Å². The summed E-state index contributed by atoms with van der Waals surface area (Å²) in [6.45, 7) is 1.14. The van der Waals surface area contributed by atoms with Gasteiger partial charge in [0.25, 0.3) is 0 Å². The van der Waals surface area contributed by atoms with E-state index >= 15 is 0 Å². The third kappa shape index (κ3) is 2.15. The van der Waals surface area contributed by atoms with Gasteiger partial charge in [0.05, 0.1) is 6.20 Å². The third-order valence-corrected chi connectivity index (χ3v) is 3.82. The molecule has 2 aromatic heterocycles. The van der Waals surface area contributed by atoms with Crippen LogP contribution in [0.5, 0.6) is 0 Å². The van der Waals surface area contributed by atoms with Gasteiger partial charge in [-0.3, -0.25) is 0 Å². The van der Waals surface area contributed by atoms with Crippen LogP contribution in [0.25, 0.3) is 5.65 Å². The number of anilines is 1. The van der Waals surface area contributed by atoms with E-state index in [1.165, 1.54) is 4.90 Å². The Morgan fingerprint density at radius 1 is 1.45 bits per heavy atom. The molecule has 20 heavy (non-hydrogen) atoms. The highest BCUT2D eigenvalue weighted by Gasteiger charge is 2.25. The fraction of sp³-hybridized carbons (Fsp3) is 0.462. The molecule has 1 amide bonds. The van der Waals surface area contributed by atoms with E-state index in [4.69, 9.17) is 5.11 Å². The number of piperidine rings is 1. The van der Waals surface area contributed by atoms with Gasteiger partial charge in [0.15, 0.2) is 5.65 Å². The van der Waals surface area contributed by atoms with Gasteiger partial charge in [-0.05, 0) is 12.8 Å². The van der Waals surface area contributed by atoms with Gasteiger partial charge in [0.1, 0.15) is 5.82 Å². The number of carboxylic acid groups (broad SMARTS) is 1. The molecule has 0 radical (unpaired) electrons. The molecule has 0 atom stereocenters. The monoisotopic (exact) mass is 275 g/mol. The first-order valence-electron chi connectivity index (χ1n) is 6.69. The minimum atomic E-state index is -0.835. The van der Waals surface area contributed by atoms with E-state index in [0.717, 1.165) is 30.0 Å². The maximum atomic E-state index is 10.9. The minimum Gasteiger partial charge on any atom is -0.465 e. The largest absolute Gasteiger partial charge is 0.465 e. The van der Waals surface area contributed by atoms with E-state index in [-0.39, 0.29) is 0 Å². The molecule has 1 aliphatic heterocycles. The predicted octanol–water partition coefficient (Wildman–Crippen LogP) is 1.63. The summed E-state index contributed by atoms with van der Waals surface area (Å²) >= 11 is 0. The Morgan fingerprint density at radius 2 is 2.20 bits per heavy atom. The van der Waals surface area contributed by atoms with Crippen molar-refractivity contribution in [2.24, 2.45) is 0 Å². The van der Waals surface area contributed by atoms with Crippen LogP contribution in [0.1, 0.15) is 24.5 Å². The molecule has 106 valence electrons. The van der Waals surface area contributed by atoms with Gasteiger partial charge in [-0.1, -0.05) is 0 Å². The molecule has 7 nitrogen and oxygen atoms in total. The first kappa shape index (κ1) is 12.7. The lowest BCUT2D eigenvalue weighted by molar-refractivity contribution is 0.131. The molecular weight excluding hydrogens is 258 g/mol. The third-order valence-electron chi connectivity index (χ3n) is 3.82. The van der Waals surface area contributed by atoms with Crippen LogP contribution >= 0.6 is 0 Å². The summed E-state index contributed by atoms with van der Waals surface area (Å²) in [4.78, 5) is 17.0. The van der Waals surface area contributed by atoms with E-state index in [1.54, 1.807) is 10.7 Å². The van der Waals surface area contributed by atoms with Gasteiger partial charge >= 0.3 is 6.09 Å². The number of nitrogens with one attached hydrogen (secondary N) is 1. The van der Waals surface area contributed by atoms with Gasteiger partial charge in [-0.25, -0.2) is 9.78 Å². The molecule has 0 spiro atoms. The molecular formula is C13H17N5O2. The van der Waals surface area contributed by atoms with Crippen molar-refractivity contribution in [1.29, 1.82) is 0 Å². The Hall–Kier alpha value is -2.31. The molecule has 3 heterocycles. The number of aromatic nitrogens is 3. The van der Waals surface area contributed by atoms with Gasteiger partial charge in [0, 0.05) is 43.9 Å². The van der Waals surface area contributed by atoms with Crippen LogP contribution in [0, 0.1) is 0 Å². The Labute approximate surface area is 116 Å². The van der Waals surface area contributed by atoms with Gasteiger partial charge < -0.3 is 15.3 Å². The summed E-state index contributed by atoms with van der Waals surface area (Å²) in [5.74, 6) is 1.20. The van der Waals surface area contributed by atoms with Crippen LogP contribution in [0.3, 0.4) is 0 Å². The number of hydrogen-bond acceptors (Lipinski definition) is 4. The van der Waals surface area contributed by atoms with Crippen molar-refractivity contribution in [2.45, 2.75) is 18.8 Å². The summed E-state index contributed by atoms with van der Waals surface area (Å²) in [5.41, 5.74) is 1.82. The van der Waals surface area contributed by atoms with Gasteiger partial charge in [-0.2, -0.15) is 9.61 Å². The zero-order valence-corrected chi connectivity index (χ0v) is 11.3. The molecule has 3 rings (SSSR count). The predicted molar refractivity (Wildman–Crippen MR) is 74.1 cm³/mol.